The van der Waals surface area contributed by atoms with Gasteiger partial charge in [-0.15, -0.1) is 0 Å². The number of aliphatic hydroxyl groups excluding tert-OH is 1. The summed E-state index contributed by atoms with van der Waals surface area (Å²) in [5.74, 6) is 0.0125. The van der Waals surface area contributed by atoms with Crippen molar-refractivity contribution in [2.45, 2.75) is 50.7 Å². The lowest BCUT2D eigenvalue weighted by molar-refractivity contribution is -0.141. The fourth-order valence-electron chi connectivity index (χ4n) is 4.36. The topological polar surface area (TPSA) is 64.5 Å². The van der Waals surface area contributed by atoms with E-state index in [0.717, 1.165) is 43.6 Å². The van der Waals surface area contributed by atoms with Crippen molar-refractivity contribution in [3.63, 3.8) is 0 Å². The van der Waals surface area contributed by atoms with Gasteiger partial charge in [0.25, 0.3) is 0 Å². The predicted molar refractivity (Wildman–Crippen MR) is 117 cm³/mol. The van der Waals surface area contributed by atoms with Crippen LogP contribution in [-0.2, 0) is 12.7 Å². The molecule has 2 atom stereocenters. The first-order valence-electron chi connectivity index (χ1n) is 10.8. The average Bonchev–Trinajstić information content (AvgIpc) is 3.10. The fourth-order valence-corrected chi connectivity index (χ4v) is 4.49. The van der Waals surface area contributed by atoms with Crippen molar-refractivity contribution in [2.24, 2.45) is 0 Å². The molecule has 6 nitrogen and oxygen atoms in total. The molecule has 174 valence electrons. The number of halogens is 4. The molecule has 2 N–H and O–H groups in total. The zero-order valence-corrected chi connectivity index (χ0v) is 18.6. The Kier molecular flexibility index (Phi) is 6.90. The third kappa shape index (κ3) is 5.70. The number of nitrogens with one attached hydrogen (secondary N) is 1. The molecule has 2 fully saturated rings. The maximum Gasteiger partial charge on any atom is 0.433 e. The zero-order chi connectivity index (χ0) is 22.9. The summed E-state index contributed by atoms with van der Waals surface area (Å²) in [7, 11) is 0. The van der Waals surface area contributed by atoms with Crippen molar-refractivity contribution in [3.05, 3.63) is 52.3 Å². The lowest BCUT2D eigenvalue weighted by Crippen LogP contribution is -2.49. The van der Waals surface area contributed by atoms with Gasteiger partial charge < -0.3 is 15.3 Å². The minimum atomic E-state index is -4.53. The molecule has 10 heteroatoms. The van der Waals surface area contributed by atoms with Gasteiger partial charge in [0.15, 0.2) is 0 Å². The Balaban J connectivity index is 1.31. The normalized spacial score (nSPS) is 23.1. The molecule has 0 amide bonds. The summed E-state index contributed by atoms with van der Waals surface area (Å²) in [6.45, 7) is 4.82. The van der Waals surface area contributed by atoms with Crippen LogP contribution in [0, 0.1) is 6.92 Å². The standard InChI is InChI=1S/C22H27ClF3N5O/c1-14-10-20(22(24,25)26)29-21(27-14)31-12-18(19(32)13-31)28-17-6-8-30(9-7-17)11-15-2-4-16(23)5-3-15/h2-5,10,17-19,28,32H,6-9,11-13H2,1H3/t18?,19-/m1/s1. The summed E-state index contributed by atoms with van der Waals surface area (Å²) >= 11 is 5.95. The molecule has 1 aromatic carbocycles. The number of benzene rings is 1. The first kappa shape index (κ1) is 23.2. The second kappa shape index (κ2) is 9.51. The molecule has 2 aromatic rings. The Morgan fingerprint density at radius 2 is 1.81 bits per heavy atom. The van der Waals surface area contributed by atoms with E-state index in [1.807, 2.05) is 24.3 Å². The van der Waals surface area contributed by atoms with Crippen LogP contribution in [0.4, 0.5) is 19.1 Å². The van der Waals surface area contributed by atoms with Crippen molar-refractivity contribution in [1.29, 1.82) is 0 Å². The van der Waals surface area contributed by atoms with Crippen LogP contribution in [0.3, 0.4) is 0 Å². The van der Waals surface area contributed by atoms with E-state index in [1.54, 1.807) is 4.90 Å². The maximum absolute atomic E-state index is 13.1. The van der Waals surface area contributed by atoms with Crippen LogP contribution in [0.5, 0.6) is 0 Å². The summed E-state index contributed by atoms with van der Waals surface area (Å²) in [6, 6.07) is 8.81. The number of hydrogen-bond acceptors (Lipinski definition) is 6. The maximum atomic E-state index is 13.1. The van der Waals surface area contributed by atoms with Crippen LogP contribution in [0.1, 0.15) is 29.8 Å². The molecule has 1 aromatic heterocycles. The number of alkyl halides is 3. The lowest BCUT2D eigenvalue weighted by atomic mass is 10.0. The number of aliphatic hydroxyl groups is 1. The molecule has 0 bridgehead atoms. The quantitative estimate of drug-likeness (QED) is 0.701. The van der Waals surface area contributed by atoms with Crippen molar-refractivity contribution < 1.29 is 18.3 Å². The van der Waals surface area contributed by atoms with Gasteiger partial charge in [0.1, 0.15) is 5.69 Å². The molecule has 2 saturated heterocycles. The van der Waals surface area contributed by atoms with Crippen LogP contribution in [0.15, 0.2) is 30.3 Å². The minimum absolute atomic E-state index is 0.0125. The van der Waals surface area contributed by atoms with E-state index in [-0.39, 0.29) is 30.3 Å². The van der Waals surface area contributed by atoms with Gasteiger partial charge in [0.2, 0.25) is 5.95 Å². The van der Waals surface area contributed by atoms with Crippen molar-refractivity contribution in [2.75, 3.05) is 31.1 Å². The van der Waals surface area contributed by atoms with Gasteiger partial charge in [-0.3, -0.25) is 4.90 Å². The number of piperidine rings is 1. The van der Waals surface area contributed by atoms with E-state index < -0.39 is 18.0 Å². The number of aryl methyl sites for hydroxylation is 1. The average molecular weight is 470 g/mol. The molecular formula is C22H27ClF3N5O. The molecule has 0 radical (unpaired) electrons. The highest BCUT2D eigenvalue weighted by molar-refractivity contribution is 6.30. The third-order valence-electron chi connectivity index (χ3n) is 6.06. The van der Waals surface area contributed by atoms with Crippen LogP contribution in [0.25, 0.3) is 0 Å². The molecule has 4 rings (SSSR count). The Morgan fingerprint density at radius 1 is 1.12 bits per heavy atom. The summed E-state index contributed by atoms with van der Waals surface area (Å²) < 4.78 is 39.3. The Morgan fingerprint density at radius 3 is 2.47 bits per heavy atom. The van der Waals surface area contributed by atoms with E-state index in [2.05, 4.69) is 20.2 Å². The third-order valence-corrected chi connectivity index (χ3v) is 6.31. The number of aromatic nitrogens is 2. The largest absolute Gasteiger partial charge is 0.433 e. The molecule has 3 heterocycles. The van der Waals surface area contributed by atoms with Gasteiger partial charge in [0, 0.05) is 36.4 Å². The van der Waals surface area contributed by atoms with Gasteiger partial charge in [-0.1, -0.05) is 23.7 Å². The Hall–Kier alpha value is -1.94. The number of likely N-dealkylation sites (tertiary alicyclic amines) is 1. The SMILES string of the molecule is Cc1cc(C(F)(F)F)nc(N2CC(NC3CCN(Cc4ccc(Cl)cc4)CC3)[C@H](O)C2)n1. The highest BCUT2D eigenvalue weighted by Crippen LogP contribution is 2.30. The van der Waals surface area contributed by atoms with Crippen LogP contribution in [0.2, 0.25) is 5.02 Å². The number of anilines is 1. The van der Waals surface area contributed by atoms with E-state index in [9.17, 15) is 18.3 Å². The number of β-amino-alcohol motifs (C(OH)–C–C–N with tert-alkyl or cyclic N) is 1. The van der Waals surface area contributed by atoms with E-state index in [1.165, 1.54) is 12.5 Å². The first-order chi connectivity index (χ1) is 15.2. The predicted octanol–water partition coefficient (Wildman–Crippen LogP) is 3.26. The van der Waals surface area contributed by atoms with Crippen LogP contribution in [-0.4, -0.2) is 64.3 Å². The molecule has 0 spiro atoms. The molecule has 1 unspecified atom stereocenters. The second-order valence-electron chi connectivity index (χ2n) is 8.61. The molecule has 32 heavy (non-hydrogen) atoms. The Bertz CT molecular complexity index is 919. The number of rotatable bonds is 5. The molecule has 0 aliphatic carbocycles. The van der Waals surface area contributed by atoms with Gasteiger partial charge in [0.05, 0.1) is 12.1 Å². The van der Waals surface area contributed by atoms with Crippen LogP contribution < -0.4 is 10.2 Å². The van der Waals surface area contributed by atoms with E-state index >= 15 is 0 Å². The number of nitrogens with zero attached hydrogens (tertiary/aromatic N) is 4. The van der Waals surface area contributed by atoms with Crippen molar-refractivity contribution >= 4 is 17.5 Å². The van der Waals surface area contributed by atoms with E-state index in [4.69, 9.17) is 11.6 Å². The van der Waals surface area contributed by atoms with Crippen molar-refractivity contribution in [1.82, 2.24) is 20.2 Å². The van der Waals surface area contributed by atoms with Gasteiger partial charge >= 0.3 is 6.18 Å². The monoisotopic (exact) mass is 469 g/mol. The second-order valence-corrected chi connectivity index (χ2v) is 9.05. The minimum Gasteiger partial charge on any atom is -0.390 e. The summed E-state index contributed by atoms with van der Waals surface area (Å²) in [6.07, 6.45) is -3.34. The summed E-state index contributed by atoms with van der Waals surface area (Å²) in [5, 5.41) is 14.7. The summed E-state index contributed by atoms with van der Waals surface area (Å²) in [4.78, 5) is 11.9. The highest BCUT2D eigenvalue weighted by atomic mass is 35.5. The van der Waals surface area contributed by atoms with E-state index in [0.29, 0.717) is 6.54 Å². The smallest absolute Gasteiger partial charge is 0.390 e. The molecule has 2 aliphatic heterocycles. The zero-order valence-electron chi connectivity index (χ0n) is 17.8. The van der Waals surface area contributed by atoms with Gasteiger partial charge in [-0.25, -0.2) is 9.97 Å². The molecular weight excluding hydrogens is 443 g/mol. The summed E-state index contributed by atoms with van der Waals surface area (Å²) in [5.41, 5.74) is 0.513. The highest BCUT2D eigenvalue weighted by Gasteiger charge is 2.37. The molecule has 2 aliphatic rings. The number of hydrogen-bond donors (Lipinski definition) is 2. The van der Waals surface area contributed by atoms with Crippen molar-refractivity contribution in [3.8, 4) is 0 Å². The lowest BCUT2D eigenvalue weighted by Gasteiger charge is -2.34. The fraction of sp³-hybridized carbons (Fsp3) is 0.545. The first-order valence-corrected chi connectivity index (χ1v) is 11.1. The van der Waals surface area contributed by atoms with Gasteiger partial charge in [-0.05, 0) is 56.6 Å². The van der Waals surface area contributed by atoms with Crippen LogP contribution >= 0.6 is 11.6 Å². The Labute approximate surface area is 190 Å². The molecule has 0 saturated carbocycles. The van der Waals surface area contributed by atoms with Gasteiger partial charge in [-0.2, -0.15) is 13.2 Å².